The molecule has 1 amide bonds. The van der Waals surface area contributed by atoms with Gasteiger partial charge in [0.15, 0.2) is 11.5 Å². The zero-order chi connectivity index (χ0) is 18.4. The van der Waals surface area contributed by atoms with E-state index in [1.54, 1.807) is 25.6 Å². The molecule has 140 valence electrons. The number of methoxy groups -OCH3 is 2. The van der Waals surface area contributed by atoms with Crippen LogP contribution in [0.5, 0.6) is 11.5 Å². The van der Waals surface area contributed by atoms with Gasteiger partial charge in [0.25, 0.3) is 0 Å². The Morgan fingerprint density at radius 2 is 2.04 bits per heavy atom. The number of hydrogen-bond acceptors (Lipinski definition) is 6. The summed E-state index contributed by atoms with van der Waals surface area (Å²) in [6, 6.07) is 4.02. The molecule has 26 heavy (non-hydrogen) atoms. The number of aromatic nitrogens is 1. The molecular formula is C19H25N3O3S. The number of rotatable bonds is 8. The molecule has 1 N–H and O–H groups in total. The maximum absolute atomic E-state index is 12.5. The van der Waals surface area contributed by atoms with Crippen molar-refractivity contribution in [2.24, 2.45) is 0 Å². The number of hydrogen-bond donors (Lipinski definition) is 1. The number of carbonyl (C=O) groups is 1. The average molecular weight is 375 g/mol. The molecule has 0 atom stereocenters. The van der Waals surface area contributed by atoms with Crippen molar-refractivity contribution >= 4 is 17.2 Å². The van der Waals surface area contributed by atoms with Crippen molar-refractivity contribution in [2.75, 3.05) is 27.3 Å². The lowest BCUT2D eigenvalue weighted by Gasteiger charge is -2.29. The van der Waals surface area contributed by atoms with Gasteiger partial charge in [-0.3, -0.25) is 4.79 Å². The third-order valence-corrected chi connectivity index (χ3v) is 5.24. The smallest absolute Gasteiger partial charge is 0.222 e. The van der Waals surface area contributed by atoms with Crippen molar-refractivity contribution < 1.29 is 14.3 Å². The molecule has 2 heterocycles. The summed E-state index contributed by atoms with van der Waals surface area (Å²) in [6.45, 7) is 2.98. The summed E-state index contributed by atoms with van der Waals surface area (Å²) in [5.74, 6) is 1.67. The van der Waals surface area contributed by atoms with Gasteiger partial charge >= 0.3 is 0 Å². The highest BCUT2D eigenvalue weighted by Crippen LogP contribution is 2.33. The minimum atomic E-state index is 0.209. The van der Waals surface area contributed by atoms with E-state index < -0.39 is 0 Å². The Morgan fingerprint density at radius 1 is 1.27 bits per heavy atom. The number of nitrogens with one attached hydrogen (secondary N) is 1. The van der Waals surface area contributed by atoms with E-state index in [4.69, 9.17) is 9.47 Å². The molecule has 1 aliphatic rings. The van der Waals surface area contributed by atoms with Gasteiger partial charge in [-0.15, -0.1) is 11.3 Å². The number of carbonyl (C=O) groups excluding carboxylic acids is 1. The minimum Gasteiger partial charge on any atom is -0.493 e. The first-order valence-electron chi connectivity index (χ1n) is 8.80. The Labute approximate surface area is 158 Å². The average Bonchev–Trinajstić information content (AvgIpc) is 3.19. The molecule has 7 heteroatoms. The highest BCUT2D eigenvalue weighted by atomic mass is 32.1. The van der Waals surface area contributed by atoms with E-state index in [9.17, 15) is 4.79 Å². The van der Waals surface area contributed by atoms with Crippen LogP contribution < -0.4 is 14.8 Å². The molecular weight excluding hydrogens is 350 g/mol. The van der Waals surface area contributed by atoms with E-state index in [0.29, 0.717) is 18.7 Å². The second kappa shape index (κ2) is 9.00. The third-order valence-electron chi connectivity index (χ3n) is 4.60. The van der Waals surface area contributed by atoms with E-state index in [1.165, 1.54) is 5.56 Å². The van der Waals surface area contributed by atoms with Crippen LogP contribution in [0.3, 0.4) is 0 Å². The standard InChI is InChI=1S/C19H25N3O3S/c1-24-17-8-14-5-7-22(11-15(14)9-18(17)25-2)19(23)4-3-6-20-10-16-12-26-13-21-16/h8-9,12-13,20H,3-7,10-11H2,1-2H3. The normalized spacial score (nSPS) is 13.4. The van der Waals surface area contributed by atoms with Crippen LogP contribution in [0.1, 0.15) is 29.7 Å². The van der Waals surface area contributed by atoms with Crippen LogP contribution in [0, 0.1) is 0 Å². The predicted octanol–water partition coefficient (Wildman–Crippen LogP) is 2.62. The summed E-state index contributed by atoms with van der Waals surface area (Å²) in [7, 11) is 3.28. The highest BCUT2D eigenvalue weighted by Gasteiger charge is 2.22. The highest BCUT2D eigenvalue weighted by molar-refractivity contribution is 7.07. The molecule has 0 unspecified atom stereocenters. The molecule has 2 aromatic rings. The SMILES string of the molecule is COc1cc2c(cc1OC)CN(C(=O)CCCNCc1cscn1)CC2. The second-order valence-electron chi connectivity index (χ2n) is 6.30. The van der Waals surface area contributed by atoms with Crippen molar-refractivity contribution in [3.63, 3.8) is 0 Å². The Kier molecular flexibility index (Phi) is 6.46. The fraction of sp³-hybridized carbons (Fsp3) is 0.474. The molecule has 6 nitrogen and oxygen atoms in total. The van der Waals surface area contributed by atoms with Crippen LogP contribution in [-0.2, 0) is 24.3 Å². The van der Waals surface area contributed by atoms with Gasteiger partial charge in [-0.25, -0.2) is 4.98 Å². The minimum absolute atomic E-state index is 0.209. The van der Waals surface area contributed by atoms with Crippen molar-refractivity contribution in [3.8, 4) is 11.5 Å². The van der Waals surface area contributed by atoms with Crippen molar-refractivity contribution in [1.29, 1.82) is 0 Å². The number of benzene rings is 1. The van der Waals surface area contributed by atoms with E-state index in [1.807, 2.05) is 27.9 Å². The molecule has 0 saturated carbocycles. The first-order valence-corrected chi connectivity index (χ1v) is 9.75. The fourth-order valence-corrected chi connectivity index (χ4v) is 3.72. The van der Waals surface area contributed by atoms with Crippen LogP contribution in [0.4, 0.5) is 0 Å². The van der Waals surface area contributed by atoms with E-state index in [0.717, 1.165) is 49.5 Å². The van der Waals surface area contributed by atoms with Gasteiger partial charge in [0, 0.05) is 31.4 Å². The predicted molar refractivity (Wildman–Crippen MR) is 102 cm³/mol. The van der Waals surface area contributed by atoms with E-state index >= 15 is 0 Å². The topological polar surface area (TPSA) is 63.7 Å². The van der Waals surface area contributed by atoms with Gasteiger partial charge in [0.05, 0.1) is 25.4 Å². The monoisotopic (exact) mass is 375 g/mol. The molecule has 0 radical (unpaired) electrons. The molecule has 0 spiro atoms. The Morgan fingerprint density at radius 3 is 2.73 bits per heavy atom. The molecule has 0 saturated heterocycles. The van der Waals surface area contributed by atoms with Crippen LogP contribution >= 0.6 is 11.3 Å². The largest absolute Gasteiger partial charge is 0.493 e. The van der Waals surface area contributed by atoms with Gasteiger partial charge in [-0.05, 0) is 42.6 Å². The zero-order valence-corrected chi connectivity index (χ0v) is 16.1. The van der Waals surface area contributed by atoms with E-state index in [2.05, 4.69) is 10.3 Å². The lowest BCUT2D eigenvalue weighted by atomic mass is 9.98. The summed E-state index contributed by atoms with van der Waals surface area (Å²) >= 11 is 1.60. The van der Waals surface area contributed by atoms with Crippen LogP contribution in [0.25, 0.3) is 0 Å². The Hall–Kier alpha value is -2.12. The molecule has 1 aromatic heterocycles. The van der Waals surface area contributed by atoms with E-state index in [-0.39, 0.29) is 5.91 Å². The first kappa shape index (κ1) is 18.7. The van der Waals surface area contributed by atoms with Crippen LogP contribution in [-0.4, -0.2) is 43.1 Å². The van der Waals surface area contributed by atoms with Crippen LogP contribution in [0.2, 0.25) is 0 Å². The van der Waals surface area contributed by atoms with Gasteiger partial charge in [-0.1, -0.05) is 0 Å². The van der Waals surface area contributed by atoms with Crippen LogP contribution in [0.15, 0.2) is 23.0 Å². The summed E-state index contributed by atoms with van der Waals surface area (Å²) in [4.78, 5) is 18.7. The first-order chi connectivity index (χ1) is 12.7. The zero-order valence-electron chi connectivity index (χ0n) is 15.3. The van der Waals surface area contributed by atoms with Gasteiger partial charge in [0.1, 0.15) is 0 Å². The fourth-order valence-electron chi connectivity index (χ4n) is 3.16. The molecule has 1 aromatic carbocycles. The van der Waals surface area contributed by atoms with Crippen molar-refractivity contribution in [1.82, 2.24) is 15.2 Å². The number of nitrogens with zero attached hydrogens (tertiary/aromatic N) is 2. The third kappa shape index (κ3) is 4.53. The molecule has 1 aliphatic heterocycles. The number of thiazole rings is 1. The summed E-state index contributed by atoms with van der Waals surface area (Å²) < 4.78 is 10.7. The maximum atomic E-state index is 12.5. The number of ether oxygens (including phenoxy) is 2. The summed E-state index contributed by atoms with van der Waals surface area (Å²) in [6.07, 6.45) is 2.24. The van der Waals surface area contributed by atoms with Gasteiger partial charge in [0.2, 0.25) is 5.91 Å². The number of amides is 1. The molecule has 0 aliphatic carbocycles. The summed E-state index contributed by atoms with van der Waals surface area (Å²) in [5.41, 5.74) is 5.26. The van der Waals surface area contributed by atoms with Crippen molar-refractivity contribution in [2.45, 2.75) is 32.4 Å². The number of fused-ring (bicyclic) bond motifs is 1. The molecule has 0 bridgehead atoms. The molecule has 3 rings (SSSR count). The Bertz CT molecular complexity index is 734. The molecule has 0 fully saturated rings. The summed E-state index contributed by atoms with van der Waals surface area (Å²) in [5, 5.41) is 5.37. The second-order valence-corrected chi connectivity index (χ2v) is 7.02. The quantitative estimate of drug-likeness (QED) is 0.719. The lowest BCUT2D eigenvalue weighted by molar-refractivity contribution is -0.132. The van der Waals surface area contributed by atoms with Gasteiger partial charge < -0.3 is 19.7 Å². The lowest BCUT2D eigenvalue weighted by Crippen LogP contribution is -2.36. The van der Waals surface area contributed by atoms with Gasteiger partial charge in [-0.2, -0.15) is 0 Å². The van der Waals surface area contributed by atoms with Crippen molar-refractivity contribution in [3.05, 3.63) is 39.8 Å². The maximum Gasteiger partial charge on any atom is 0.222 e. The Balaban J connectivity index is 1.47.